The van der Waals surface area contributed by atoms with Crippen LogP contribution in [0.1, 0.15) is 0 Å². The highest BCUT2D eigenvalue weighted by molar-refractivity contribution is 8.05. The first-order chi connectivity index (χ1) is 10.9. The van der Waals surface area contributed by atoms with Gasteiger partial charge in [0.15, 0.2) is 0 Å². The minimum atomic E-state index is 1.05. The van der Waals surface area contributed by atoms with E-state index in [-0.39, 0.29) is 0 Å². The van der Waals surface area contributed by atoms with Gasteiger partial charge in [0.05, 0.1) is 11.0 Å². The Morgan fingerprint density at radius 1 is 0.591 bits per heavy atom. The average molecular weight is 318 g/mol. The van der Waals surface area contributed by atoms with E-state index in [0.717, 1.165) is 21.1 Å². The molecule has 0 saturated heterocycles. The van der Waals surface area contributed by atoms with E-state index < -0.39 is 0 Å². The molecule has 4 aromatic rings. The molecule has 0 amide bonds. The fourth-order valence-corrected chi connectivity index (χ4v) is 4.82. The maximum absolute atomic E-state index is 4.81. The van der Waals surface area contributed by atoms with E-state index in [1.807, 2.05) is 12.1 Å². The largest absolute Gasteiger partial charge is 0.240 e. The van der Waals surface area contributed by atoms with Crippen molar-refractivity contribution in [2.45, 2.75) is 19.8 Å². The number of benzene rings is 2. The highest BCUT2D eigenvalue weighted by atomic mass is 32.2. The molecule has 104 valence electrons. The molecule has 0 spiro atoms. The first-order valence-corrected chi connectivity index (χ1v) is 8.65. The van der Waals surface area contributed by atoms with Gasteiger partial charge in [-0.2, -0.15) is 0 Å². The van der Waals surface area contributed by atoms with Crippen molar-refractivity contribution in [2.24, 2.45) is 0 Å². The zero-order valence-corrected chi connectivity index (χ0v) is 13.1. The first kappa shape index (κ1) is 12.5. The van der Waals surface area contributed by atoms with Crippen molar-refractivity contribution in [3.05, 3.63) is 60.7 Å². The minimum absolute atomic E-state index is 1.05. The Kier molecular flexibility index (Phi) is 2.69. The zero-order chi connectivity index (χ0) is 14.5. The van der Waals surface area contributed by atoms with Crippen molar-refractivity contribution in [3.8, 4) is 0 Å². The number of para-hydroxylation sites is 2. The normalized spacial score (nSPS) is 13.1. The van der Waals surface area contributed by atoms with E-state index in [9.17, 15) is 0 Å². The molecule has 0 unspecified atom stereocenters. The third kappa shape index (κ3) is 1.91. The molecule has 1 aliphatic rings. The lowest BCUT2D eigenvalue weighted by Crippen LogP contribution is -1.96. The molecular weight excluding hydrogens is 308 g/mol. The van der Waals surface area contributed by atoms with Gasteiger partial charge in [-0.1, -0.05) is 59.9 Å². The zero-order valence-electron chi connectivity index (χ0n) is 11.5. The average Bonchev–Trinajstić information content (AvgIpc) is 2.56. The van der Waals surface area contributed by atoms with Crippen LogP contribution in [0.5, 0.6) is 0 Å². The van der Waals surface area contributed by atoms with Gasteiger partial charge in [0, 0.05) is 20.6 Å². The molecule has 1 aliphatic heterocycles. The summed E-state index contributed by atoms with van der Waals surface area (Å²) in [5.74, 6) is 0. The van der Waals surface area contributed by atoms with Crippen molar-refractivity contribution in [1.82, 2.24) is 9.97 Å². The fraction of sp³-hybridized carbons (Fsp3) is 0. The lowest BCUT2D eigenvalue weighted by Gasteiger charge is -2.17. The summed E-state index contributed by atoms with van der Waals surface area (Å²) in [6.45, 7) is 0. The Morgan fingerprint density at radius 3 is 1.55 bits per heavy atom. The summed E-state index contributed by atoms with van der Waals surface area (Å²) in [6, 6.07) is 21.0. The van der Waals surface area contributed by atoms with Gasteiger partial charge in [0.2, 0.25) is 0 Å². The van der Waals surface area contributed by atoms with Crippen LogP contribution >= 0.6 is 23.5 Å². The van der Waals surface area contributed by atoms with Crippen LogP contribution in [0, 0.1) is 0 Å². The number of hydrogen-bond donors (Lipinski definition) is 0. The molecule has 4 heteroatoms. The van der Waals surface area contributed by atoms with Crippen molar-refractivity contribution in [1.29, 1.82) is 0 Å². The van der Waals surface area contributed by atoms with Gasteiger partial charge in [-0.25, -0.2) is 9.97 Å². The third-order valence-electron chi connectivity index (χ3n) is 3.73. The SMILES string of the molecule is c1ccc2nc3c(cc2c1)Sc1nc2ccccc2cc1S3. The second kappa shape index (κ2) is 4.73. The van der Waals surface area contributed by atoms with E-state index in [1.165, 1.54) is 20.6 Å². The summed E-state index contributed by atoms with van der Waals surface area (Å²) in [5, 5.41) is 4.51. The van der Waals surface area contributed by atoms with E-state index >= 15 is 0 Å². The molecule has 2 nitrogen and oxygen atoms in total. The smallest absolute Gasteiger partial charge is 0.116 e. The molecule has 0 saturated carbocycles. The van der Waals surface area contributed by atoms with Crippen LogP contribution < -0.4 is 0 Å². The Morgan fingerprint density at radius 2 is 1.05 bits per heavy atom. The van der Waals surface area contributed by atoms with Gasteiger partial charge in [0.25, 0.3) is 0 Å². The van der Waals surface area contributed by atoms with Gasteiger partial charge >= 0.3 is 0 Å². The second-order valence-electron chi connectivity index (χ2n) is 5.17. The standard InChI is InChI=1S/C18H10N2S2/c1-3-7-13-11(5-1)9-15-17(19-13)22-16-10-12-6-2-4-8-14(12)20-18(16)21-15/h1-10H. The van der Waals surface area contributed by atoms with E-state index in [1.54, 1.807) is 23.5 Å². The summed E-state index contributed by atoms with van der Waals surface area (Å²) in [4.78, 5) is 12.0. The number of nitrogens with zero attached hydrogens (tertiary/aromatic N) is 2. The van der Waals surface area contributed by atoms with Crippen LogP contribution in [0.4, 0.5) is 0 Å². The maximum Gasteiger partial charge on any atom is 0.116 e. The molecule has 0 aliphatic carbocycles. The fourth-order valence-electron chi connectivity index (χ4n) is 2.66. The van der Waals surface area contributed by atoms with Crippen molar-refractivity contribution >= 4 is 45.3 Å². The highest BCUT2D eigenvalue weighted by Crippen LogP contribution is 2.48. The Balaban J connectivity index is 1.71. The minimum Gasteiger partial charge on any atom is -0.240 e. The van der Waals surface area contributed by atoms with Crippen molar-refractivity contribution in [3.63, 3.8) is 0 Å². The molecule has 0 radical (unpaired) electrons. The van der Waals surface area contributed by atoms with Gasteiger partial charge in [-0.15, -0.1) is 0 Å². The van der Waals surface area contributed by atoms with E-state index in [2.05, 4.69) is 48.5 Å². The van der Waals surface area contributed by atoms with Crippen LogP contribution in [0.15, 0.2) is 80.5 Å². The maximum atomic E-state index is 4.81. The van der Waals surface area contributed by atoms with Gasteiger partial charge in [-0.05, 0) is 24.3 Å². The van der Waals surface area contributed by atoms with Crippen LogP contribution in [0.2, 0.25) is 0 Å². The molecule has 0 bridgehead atoms. The monoisotopic (exact) mass is 318 g/mol. The van der Waals surface area contributed by atoms with Crippen molar-refractivity contribution < 1.29 is 0 Å². The van der Waals surface area contributed by atoms with Gasteiger partial charge < -0.3 is 0 Å². The summed E-state index contributed by atoms with van der Waals surface area (Å²) < 4.78 is 0. The van der Waals surface area contributed by atoms with Crippen LogP contribution in [0.3, 0.4) is 0 Å². The first-order valence-electron chi connectivity index (χ1n) is 7.02. The third-order valence-corrected chi connectivity index (χ3v) is 6.06. The molecule has 2 aromatic heterocycles. The topological polar surface area (TPSA) is 25.8 Å². The highest BCUT2D eigenvalue weighted by Gasteiger charge is 2.20. The Hall–Kier alpha value is -2.04. The Bertz CT molecular complexity index is 877. The summed E-state index contributed by atoms with van der Waals surface area (Å²) in [5.41, 5.74) is 2.10. The quantitative estimate of drug-likeness (QED) is 0.382. The lowest BCUT2D eigenvalue weighted by atomic mass is 10.2. The van der Waals surface area contributed by atoms with Crippen LogP contribution in [-0.4, -0.2) is 9.97 Å². The van der Waals surface area contributed by atoms with Gasteiger partial charge in [0.1, 0.15) is 10.1 Å². The molecular formula is C18H10N2S2. The number of fused-ring (bicyclic) bond motifs is 4. The summed E-state index contributed by atoms with van der Waals surface area (Å²) in [6.07, 6.45) is 0. The molecule has 3 heterocycles. The van der Waals surface area contributed by atoms with E-state index in [4.69, 9.17) is 9.97 Å². The Labute approximate surface area is 136 Å². The second-order valence-corrected chi connectivity index (χ2v) is 7.23. The number of pyridine rings is 2. The molecule has 2 aromatic carbocycles. The lowest BCUT2D eigenvalue weighted by molar-refractivity contribution is 1.01. The van der Waals surface area contributed by atoms with Crippen LogP contribution in [-0.2, 0) is 0 Å². The molecule has 5 rings (SSSR count). The number of aromatic nitrogens is 2. The molecule has 0 N–H and O–H groups in total. The van der Waals surface area contributed by atoms with Gasteiger partial charge in [-0.3, -0.25) is 0 Å². The summed E-state index contributed by atoms with van der Waals surface area (Å²) in [7, 11) is 0. The molecule has 22 heavy (non-hydrogen) atoms. The molecule has 0 fully saturated rings. The predicted octanol–water partition coefficient (Wildman–Crippen LogP) is 5.40. The van der Waals surface area contributed by atoms with Crippen molar-refractivity contribution in [2.75, 3.05) is 0 Å². The summed E-state index contributed by atoms with van der Waals surface area (Å²) >= 11 is 3.44. The van der Waals surface area contributed by atoms with E-state index in [0.29, 0.717) is 0 Å². The predicted molar refractivity (Wildman–Crippen MR) is 91.7 cm³/mol. The molecule has 0 atom stereocenters. The number of rotatable bonds is 0. The van der Waals surface area contributed by atoms with Crippen LogP contribution in [0.25, 0.3) is 21.8 Å². The number of hydrogen-bond acceptors (Lipinski definition) is 4.